The predicted octanol–water partition coefficient (Wildman–Crippen LogP) is 1.37. The van der Waals surface area contributed by atoms with Crippen LogP contribution in [0.25, 0.3) is 0 Å². The molecule has 1 aromatic heterocycles. The lowest BCUT2D eigenvalue weighted by atomic mass is 9.88. The smallest absolute Gasteiger partial charge is 0.250 e. The van der Waals surface area contributed by atoms with E-state index in [1.807, 2.05) is 12.4 Å². The van der Waals surface area contributed by atoms with E-state index in [1.54, 1.807) is 7.05 Å². The van der Waals surface area contributed by atoms with Crippen LogP contribution in [0.4, 0.5) is 0 Å². The quantitative estimate of drug-likeness (QED) is 0.910. The van der Waals surface area contributed by atoms with E-state index >= 15 is 0 Å². The number of hydrogen-bond acceptors (Lipinski definition) is 4. The second-order valence-corrected chi connectivity index (χ2v) is 7.14. The summed E-state index contributed by atoms with van der Waals surface area (Å²) in [6, 6.07) is 0. The van der Waals surface area contributed by atoms with Gasteiger partial charge in [-0.25, -0.2) is 4.98 Å². The first-order valence-electron chi connectivity index (χ1n) is 8.67. The van der Waals surface area contributed by atoms with Crippen LogP contribution in [0.3, 0.4) is 0 Å². The van der Waals surface area contributed by atoms with Crippen LogP contribution in [0.5, 0.6) is 0 Å². The molecule has 0 bridgehead atoms. The Balaban J connectivity index is 1.73. The number of hydrogen-bond donors (Lipinski definition) is 1. The molecular formula is C17H28N4O2. The third-order valence-corrected chi connectivity index (χ3v) is 5.08. The number of aromatic nitrogens is 2. The zero-order valence-corrected chi connectivity index (χ0v) is 14.4. The highest BCUT2D eigenvalue weighted by Gasteiger charge is 2.46. The molecule has 3 rings (SSSR count). The minimum atomic E-state index is -0.427. The van der Waals surface area contributed by atoms with Gasteiger partial charge in [0.25, 0.3) is 5.91 Å². The van der Waals surface area contributed by atoms with Crippen molar-refractivity contribution >= 4 is 5.91 Å². The van der Waals surface area contributed by atoms with Crippen molar-refractivity contribution in [2.45, 2.75) is 51.4 Å². The van der Waals surface area contributed by atoms with Crippen molar-refractivity contribution in [1.29, 1.82) is 0 Å². The van der Waals surface area contributed by atoms with Gasteiger partial charge in [-0.15, -0.1) is 0 Å². The zero-order chi connectivity index (χ0) is 16.4. The molecule has 2 aliphatic rings. The minimum absolute atomic E-state index is 0.0500. The first-order chi connectivity index (χ1) is 11.0. The maximum atomic E-state index is 12.1. The van der Waals surface area contributed by atoms with E-state index in [4.69, 9.17) is 4.74 Å². The Labute approximate surface area is 138 Å². The Morgan fingerprint density at radius 1 is 1.48 bits per heavy atom. The highest BCUT2D eigenvalue weighted by atomic mass is 16.5. The Hall–Kier alpha value is -1.40. The van der Waals surface area contributed by atoms with Crippen LogP contribution in [0.1, 0.15) is 38.9 Å². The molecule has 1 atom stereocenters. The van der Waals surface area contributed by atoms with Crippen LogP contribution in [0.15, 0.2) is 12.4 Å². The van der Waals surface area contributed by atoms with Crippen molar-refractivity contribution in [3.05, 3.63) is 18.2 Å². The molecule has 6 heteroatoms. The normalized spacial score (nSPS) is 23.9. The summed E-state index contributed by atoms with van der Waals surface area (Å²) in [4.78, 5) is 19.1. The molecule has 0 aliphatic carbocycles. The van der Waals surface area contributed by atoms with Crippen LogP contribution in [-0.2, 0) is 21.7 Å². The average molecular weight is 320 g/mol. The SMILES string of the molecule is CNC(=O)[C@@H]1Cn2ccnc2C2(CCN(CCC(C)C)CC2)O1. The number of fused-ring (bicyclic) bond motifs is 2. The topological polar surface area (TPSA) is 59.4 Å². The Morgan fingerprint density at radius 2 is 2.22 bits per heavy atom. The molecule has 0 radical (unpaired) electrons. The minimum Gasteiger partial charge on any atom is -0.357 e. The van der Waals surface area contributed by atoms with Crippen molar-refractivity contribution in [3.8, 4) is 0 Å². The summed E-state index contributed by atoms with van der Waals surface area (Å²) in [7, 11) is 1.66. The fourth-order valence-electron chi connectivity index (χ4n) is 3.61. The second-order valence-electron chi connectivity index (χ2n) is 7.14. The third-order valence-electron chi connectivity index (χ3n) is 5.08. The number of ether oxygens (including phenoxy) is 1. The average Bonchev–Trinajstić information content (AvgIpc) is 3.03. The number of nitrogens with zero attached hydrogens (tertiary/aromatic N) is 3. The molecule has 6 nitrogen and oxygen atoms in total. The van der Waals surface area contributed by atoms with Gasteiger partial charge in [0.1, 0.15) is 11.4 Å². The van der Waals surface area contributed by atoms with Crippen LogP contribution in [0.2, 0.25) is 0 Å². The highest BCUT2D eigenvalue weighted by Crippen LogP contribution is 2.40. The second kappa shape index (κ2) is 6.61. The number of amides is 1. The zero-order valence-electron chi connectivity index (χ0n) is 14.4. The van der Waals surface area contributed by atoms with Crippen molar-refractivity contribution in [3.63, 3.8) is 0 Å². The number of carbonyl (C=O) groups excluding carboxylic acids is 1. The third kappa shape index (κ3) is 3.28. The van der Waals surface area contributed by atoms with Gasteiger partial charge in [-0.05, 0) is 31.7 Å². The summed E-state index contributed by atoms with van der Waals surface area (Å²) in [6.45, 7) is 8.22. The van der Waals surface area contributed by atoms with E-state index in [1.165, 1.54) is 6.42 Å². The summed E-state index contributed by atoms with van der Waals surface area (Å²) >= 11 is 0. The summed E-state index contributed by atoms with van der Waals surface area (Å²) in [6.07, 6.45) is 6.37. The largest absolute Gasteiger partial charge is 0.357 e. The van der Waals surface area contributed by atoms with Crippen LogP contribution >= 0.6 is 0 Å². The van der Waals surface area contributed by atoms with E-state index in [0.717, 1.165) is 44.2 Å². The highest BCUT2D eigenvalue weighted by molar-refractivity contribution is 5.80. The predicted molar refractivity (Wildman–Crippen MR) is 88.0 cm³/mol. The van der Waals surface area contributed by atoms with Gasteiger partial charge in [-0.3, -0.25) is 4.79 Å². The lowest BCUT2D eigenvalue weighted by Gasteiger charge is -2.45. The molecule has 23 heavy (non-hydrogen) atoms. The molecule has 0 saturated carbocycles. The Kier molecular flexibility index (Phi) is 4.73. The maximum Gasteiger partial charge on any atom is 0.250 e. The van der Waals surface area contributed by atoms with Crippen molar-refractivity contribution < 1.29 is 9.53 Å². The molecule has 1 aromatic rings. The molecule has 1 amide bonds. The first kappa shape index (κ1) is 16.5. The number of likely N-dealkylation sites (N-methyl/N-ethyl adjacent to an activating group) is 1. The summed E-state index contributed by atoms with van der Waals surface area (Å²) in [5, 5.41) is 2.71. The number of piperidine rings is 1. The van der Waals surface area contributed by atoms with Gasteiger partial charge in [0.2, 0.25) is 0 Å². The Bertz CT molecular complexity index is 547. The number of likely N-dealkylation sites (tertiary alicyclic amines) is 1. The van der Waals surface area contributed by atoms with Gasteiger partial charge < -0.3 is 19.5 Å². The molecule has 0 unspecified atom stereocenters. The monoisotopic (exact) mass is 320 g/mol. The standard InChI is InChI=1S/C17H28N4O2/c1-13(2)4-8-20-9-5-17(6-10-20)16-19-7-11-21(16)12-14(23-17)15(22)18-3/h7,11,13-14H,4-6,8-10,12H2,1-3H3,(H,18,22)/t14-/m0/s1. The number of imidazole rings is 1. The summed E-state index contributed by atoms with van der Waals surface area (Å²) < 4.78 is 8.39. The fraction of sp³-hybridized carbons (Fsp3) is 0.765. The molecule has 1 spiro atoms. The molecule has 1 N–H and O–H groups in total. The number of rotatable bonds is 4. The lowest BCUT2D eigenvalue weighted by Crippen LogP contribution is -2.53. The van der Waals surface area contributed by atoms with Gasteiger partial charge >= 0.3 is 0 Å². The van der Waals surface area contributed by atoms with E-state index < -0.39 is 11.7 Å². The molecule has 0 aromatic carbocycles. The van der Waals surface area contributed by atoms with Crippen LogP contribution in [-0.4, -0.2) is 53.1 Å². The maximum absolute atomic E-state index is 12.1. The van der Waals surface area contributed by atoms with Gasteiger partial charge in [0.05, 0.1) is 6.54 Å². The van der Waals surface area contributed by atoms with Crippen molar-refractivity contribution in [2.75, 3.05) is 26.7 Å². The molecule has 2 aliphatic heterocycles. The van der Waals surface area contributed by atoms with Gasteiger partial charge in [0, 0.05) is 32.5 Å². The summed E-state index contributed by atoms with van der Waals surface area (Å²) in [5.74, 6) is 1.67. The molecular weight excluding hydrogens is 292 g/mol. The van der Waals surface area contributed by atoms with Crippen LogP contribution < -0.4 is 5.32 Å². The molecule has 128 valence electrons. The fourth-order valence-corrected chi connectivity index (χ4v) is 3.61. The van der Waals surface area contributed by atoms with Crippen molar-refractivity contribution in [1.82, 2.24) is 19.8 Å². The molecule has 1 fully saturated rings. The number of carbonyl (C=O) groups is 1. The van der Waals surface area contributed by atoms with E-state index in [9.17, 15) is 4.79 Å². The van der Waals surface area contributed by atoms with Crippen LogP contribution in [0, 0.1) is 5.92 Å². The Morgan fingerprint density at radius 3 is 2.87 bits per heavy atom. The number of nitrogens with one attached hydrogen (secondary N) is 1. The molecule has 3 heterocycles. The van der Waals surface area contributed by atoms with E-state index in [-0.39, 0.29) is 5.91 Å². The lowest BCUT2D eigenvalue weighted by molar-refractivity contribution is -0.173. The van der Waals surface area contributed by atoms with Crippen molar-refractivity contribution in [2.24, 2.45) is 5.92 Å². The van der Waals surface area contributed by atoms with Gasteiger partial charge in [-0.1, -0.05) is 13.8 Å². The molecule has 1 saturated heterocycles. The van der Waals surface area contributed by atoms with E-state index in [2.05, 4.69) is 33.6 Å². The first-order valence-corrected chi connectivity index (χ1v) is 8.67. The summed E-state index contributed by atoms with van der Waals surface area (Å²) in [5.41, 5.74) is -0.409. The van der Waals surface area contributed by atoms with E-state index in [0.29, 0.717) is 6.54 Å². The van der Waals surface area contributed by atoms with Gasteiger partial charge in [0.15, 0.2) is 6.10 Å². The van der Waals surface area contributed by atoms with Gasteiger partial charge in [-0.2, -0.15) is 0 Å².